The number of pyridine rings is 1. The molecule has 2 aromatic heterocycles. The summed E-state index contributed by atoms with van der Waals surface area (Å²) in [7, 11) is 1.29. The zero-order valence-corrected chi connectivity index (χ0v) is 18.6. The lowest BCUT2D eigenvalue weighted by Gasteiger charge is -2.35. The van der Waals surface area contributed by atoms with Crippen LogP contribution in [-0.2, 0) is 17.7 Å². The van der Waals surface area contributed by atoms with E-state index in [0.29, 0.717) is 17.1 Å². The monoisotopic (exact) mass is 455 g/mol. The molecule has 1 atom stereocenters. The number of esters is 1. The number of amides is 1. The highest BCUT2D eigenvalue weighted by atomic mass is 35.5. The fourth-order valence-corrected chi connectivity index (χ4v) is 4.74. The van der Waals surface area contributed by atoms with Gasteiger partial charge < -0.3 is 10.1 Å². The van der Waals surface area contributed by atoms with Crippen molar-refractivity contribution in [2.24, 2.45) is 0 Å². The fraction of sp³-hybridized carbons (Fsp3) is 0.261. The number of fused-ring (bicyclic) bond motifs is 1. The van der Waals surface area contributed by atoms with Gasteiger partial charge >= 0.3 is 5.97 Å². The normalized spacial score (nSPS) is 14.5. The van der Waals surface area contributed by atoms with Crippen molar-refractivity contribution in [2.75, 3.05) is 20.2 Å². The number of carbonyl (C=O) groups excluding carboxylic acids is 2. The van der Waals surface area contributed by atoms with Gasteiger partial charge in [-0.3, -0.25) is 9.69 Å². The fourth-order valence-electron chi connectivity index (χ4n) is 3.72. The third-order valence-corrected chi connectivity index (χ3v) is 6.68. The summed E-state index contributed by atoms with van der Waals surface area (Å²) in [6, 6.07) is 13.0. The molecule has 1 unspecified atom stereocenters. The van der Waals surface area contributed by atoms with Gasteiger partial charge in [-0.15, -0.1) is 11.3 Å². The zero-order valence-electron chi connectivity index (χ0n) is 17.0. The van der Waals surface area contributed by atoms with Crippen LogP contribution in [0.5, 0.6) is 0 Å². The predicted octanol–water partition coefficient (Wildman–Crippen LogP) is 4.11. The number of hydrogen-bond donors (Lipinski definition) is 1. The molecule has 160 valence electrons. The van der Waals surface area contributed by atoms with E-state index in [9.17, 15) is 9.59 Å². The van der Waals surface area contributed by atoms with Crippen molar-refractivity contribution in [3.8, 4) is 0 Å². The maximum atomic E-state index is 12.7. The van der Waals surface area contributed by atoms with E-state index in [1.165, 1.54) is 29.8 Å². The summed E-state index contributed by atoms with van der Waals surface area (Å²) in [6.07, 6.45) is 2.39. The van der Waals surface area contributed by atoms with Crippen molar-refractivity contribution in [1.82, 2.24) is 15.2 Å². The number of hydrogen-bond acceptors (Lipinski definition) is 6. The summed E-state index contributed by atoms with van der Waals surface area (Å²) >= 11 is 7.89. The molecule has 0 radical (unpaired) electrons. The molecule has 0 fully saturated rings. The number of rotatable bonds is 6. The van der Waals surface area contributed by atoms with Gasteiger partial charge in [-0.2, -0.15) is 0 Å². The maximum absolute atomic E-state index is 12.7. The van der Waals surface area contributed by atoms with E-state index >= 15 is 0 Å². The SMILES string of the molecule is COC(=O)c1ccc(C(=O)NCC(c2ccc(Cl)cc2)N2CCc3sccc3C2)cn1. The van der Waals surface area contributed by atoms with Gasteiger partial charge in [0.05, 0.1) is 18.7 Å². The van der Waals surface area contributed by atoms with Crippen LogP contribution >= 0.6 is 22.9 Å². The molecule has 3 heterocycles. The first kappa shape index (κ1) is 21.5. The zero-order chi connectivity index (χ0) is 21.8. The van der Waals surface area contributed by atoms with Crippen molar-refractivity contribution in [2.45, 2.75) is 19.0 Å². The van der Waals surface area contributed by atoms with Gasteiger partial charge in [-0.25, -0.2) is 9.78 Å². The quantitative estimate of drug-likeness (QED) is 0.566. The lowest BCUT2D eigenvalue weighted by Crippen LogP contribution is -2.40. The molecule has 0 saturated carbocycles. The van der Waals surface area contributed by atoms with E-state index < -0.39 is 5.97 Å². The van der Waals surface area contributed by atoms with Crippen LogP contribution in [0, 0.1) is 0 Å². The average molecular weight is 456 g/mol. The Hall–Kier alpha value is -2.74. The molecule has 0 aliphatic carbocycles. The van der Waals surface area contributed by atoms with E-state index in [-0.39, 0.29) is 17.6 Å². The standard InChI is InChI=1S/C23H22ClN3O3S/c1-30-23(29)19-7-4-16(12-25-19)22(28)26-13-20(15-2-5-18(24)6-3-15)27-10-8-21-17(14-27)9-11-31-21/h2-7,9,11-12,20H,8,10,13-14H2,1H3,(H,26,28). The highest BCUT2D eigenvalue weighted by Gasteiger charge is 2.26. The van der Waals surface area contributed by atoms with Crippen molar-refractivity contribution < 1.29 is 14.3 Å². The summed E-state index contributed by atoms with van der Waals surface area (Å²) in [6.45, 7) is 2.21. The van der Waals surface area contributed by atoms with Gasteiger partial charge in [0, 0.05) is 35.7 Å². The first-order chi connectivity index (χ1) is 15.0. The van der Waals surface area contributed by atoms with E-state index in [2.05, 4.69) is 31.4 Å². The maximum Gasteiger partial charge on any atom is 0.356 e. The van der Waals surface area contributed by atoms with Gasteiger partial charge in [0.15, 0.2) is 0 Å². The Kier molecular flexibility index (Phi) is 6.65. The molecule has 0 spiro atoms. The second-order valence-electron chi connectivity index (χ2n) is 7.29. The molecule has 6 nitrogen and oxygen atoms in total. The Labute approximate surface area is 189 Å². The number of ether oxygens (including phenoxy) is 1. The molecular weight excluding hydrogens is 434 g/mol. The summed E-state index contributed by atoms with van der Waals surface area (Å²) in [5.41, 5.74) is 3.01. The Balaban J connectivity index is 1.49. The average Bonchev–Trinajstić information content (AvgIpc) is 3.28. The van der Waals surface area contributed by atoms with Crippen LogP contribution in [-0.4, -0.2) is 42.0 Å². The van der Waals surface area contributed by atoms with Gasteiger partial charge in [-0.05, 0) is 53.3 Å². The summed E-state index contributed by atoms with van der Waals surface area (Å²) in [5.74, 6) is -0.774. The molecule has 1 N–H and O–H groups in total. The highest BCUT2D eigenvalue weighted by molar-refractivity contribution is 7.10. The van der Waals surface area contributed by atoms with Crippen LogP contribution in [0.3, 0.4) is 0 Å². The van der Waals surface area contributed by atoms with Crippen LogP contribution in [0.25, 0.3) is 0 Å². The van der Waals surface area contributed by atoms with Gasteiger partial charge in [-0.1, -0.05) is 23.7 Å². The molecule has 1 aliphatic rings. The topological polar surface area (TPSA) is 71.5 Å². The number of aromatic nitrogens is 1. The van der Waals surface area contributed by atoms with Crippen molar-refractivity contribution in [3.63, 3.8) is 0 Å². The molecule has 31 heavy (non-hydrogen) atoms. The minimum Gasteiger partial charge on any atom is -0.464 e. The lowest BCUT2D eigenvalue weighted by atomic mass is 10.0. The Morgan fingerprint density at radius 3 is 2.74 bits per heavy atom. The molecular formula is C23H22ClN3O3S. The predicted molar refractivity (Wildman–Crippen MR) is 121 cm³/mol. The largest absolute Gasteiger partial charge is 0.464 e. The minimum absolute atomic E-state index is 0.0107. The molecule has 8 heteroatoms. The Bertz CT molecular complexity index is 1070. The molecule has 0 saturated heterocycles. The molecule has 3 aromatic rings. The number of halogens is 1. The van der Waals surface area contributed by atoms with Crippen LogP contribution in [0.2, 0.25) is 5.02 Å². The Morgan fingerprint density at radius 1 is 1.23 bits per heavy atom. The first-order valence-corrected chi connectivity index (χ1v) is 11.2. The molecule has 0 bridgehead atoms. The molecule has 1 amide bonds. The number of benzene rings is 1. The van der Waals surface area contributed by atoms with E-state index in [4.69, 9.17) is 11.6 Å². The van der Waals surface area contributed by atoms with Crippen LogP contribution in [0.1, 0.15) is 42.9 Å². The van der Waals surface area contributed by atoms with Crippen molar-refractivity contribution >= 4 is 34.8 Å². The second-order valence-corrected chi connectivity index (χ2v) is 8.73. The summed E-state index contributed by atoms with van der Waals surface area (Å²) in [5, 5.41) is 5.84. The minimum atomic E-state index is -0.535. The molecule has 4 rings (SSSR count). The van der Waals surface area contributed by atoms with E-state index in [1.54, 1.807) is 17.4 Å². The molecule has 1 aliphatic heterocycles. The second kappa shape index (κ2) is 9.60. The van der Waals surface area contributed by atoms with Crippen LogP contribution < -0.4 is 5.32 Å². The van der Waals surface area contributed by atoms with Gasteiger partial charge in [0.1, 0.15) is 5.69 Å². The van der Waals surface area contributed by atoms with Gasteiger partial charge in [0.2, 0.25) is 0 Å². The summed E-state index contributed by atoms with van der Waals surface area (Å²) in [4.78, 5) is 32.1. The summed E-state index contributed by atoms with van der Waals surface area (Å²) < 4.78 is 4.64. The smallest absolute Gasteiger partial charge is 0.356 e. The third-order valence-electron chi connectivity index (χ3n) is 5.41. The third kappa shape index (κ3) is 4.95. The first-order valence-electron chi connectivity index (χ1n) is 9.92. The van der Waals surface area contributed by atoms with E-state index in [0.717, 1.165) is 25.1 Å². The van der Waals surface area contributed by atoms with Crippen LogP contribution in [0.15, 0.2) is 54.0 Å². The number of thiophene rings is 1. The number of carbonyl (C=O) groups is 2. The van der Waals surface area contributed by atoms with Crippen LogP contribution in [0.4, 0.5) is 0 Å². The van der Waals surface area contributed by atoms with Crippen molar-refractivity contribution in [1.29, 1.82) is 0 Å². The molecule has 1 aromatic carbocycles. The van der Waals surface area contributed by atoms with Gasteiger partial charge in [0.25, 0.3) is 5.91 Å². The number of methoxy groups -OCH3 is 1. The van der Waals surface area contributed by atoms with E-state index in [1.807, 2.05) is 24.3 Å². The number of nitrogens with one attached hydrogen (secondary N) is 1. The lowest BCUT2D eigenvalue weighted by molar-refractivity contribution is 0.0593. The Morgan fingerprint density at radius 2 is 2.03 bits per heavy atom. The number of nitrogens with zero attached hydrogens (tertiary/aromatic N) is 2. The highest BCUT2D eigenvalue weighted by Crippen LogP contribution is 2.30. The van der Waals surface area contributed by atoms with Crippen molar-refractivity contribution in [3.05, 3.63) is 86.3 Å².